The summed E-state index contributed by atoms with van der Waals surface area (Å²) in [5.41, 5.74) is 1.62. The van der Waals surface area contributed by atoms with Crippen LogP contribution in [0.3, 0.4) is 0 Å². The summed E-state index contributed by atoms with van der Waals surface area (Å²) in [6.07, 6.45) is 1.70. The topological polar surface area (TPSA) is 17.1 Å². The molecular weight excluding hydrogens is 208 g/mol. The summed E-state index contributed by atoms with van der Waals surface area (Å²) in [6.45, 7) is 14.0. The lowest BCUT2D eigenvalue weighted by Crippen LogP contribution is -2.21. The predicted octanol–water partition coefficient (Wildman–Crippen LogP) is 4.38. The van der Waals surface area contributed by atoms with Gasteiger partial charge in [-0.05, 0) is 24.8 Å². The highest BCUT2D eigenvalue weighted by Gasteiger charge is 2.25. The molecule has 1 nitrogen and oxygen atoms in total. The molecule has 0 saturated heterocycles. The van der Waals surface area contributed by atoms with E-state index in [2.05, 4.69) is 27.4 Å². The van der Waals surface area contributed by atoms with Gasteiger partial charge in [-0.1, -0.05) is 51.1 Å². The summed E-state index contributed by atoms with van der Waals surface area (Å²) in [6, 6.07) is 7.89. The summed E-state index contributed by atoms with van der Waals surface area (Å²) < 4.78 is 0. The van der Waals surface area contributed by atoms with Crippen molar-refractivity contribution >= 4 is 5.78 Å². The molecule has 0 aromatic heterocycles. The molecule has 0 amide bonds. The second-order valence-corrected chi connectivity index (χ2v) is 6.08. The van der Waals surface area contributed by atoms with Crippen molar-refractivity contribution in [2.24, 2.45) is 5.41 Å². The van der Waals surface area contributed by atoms with Crippen LogP contribution in [-0.4, -0.2) is 5.78 Å². The van der Waals surface area contributed by atoms with E-state index in [1.807, 2.05) is 38.1 Å². The Kier molecular flexibility index (Phi) is 3.61. The van der Waals surface area contributed by atoms with Crippen LogP contribution in [0.25, 0.3) is 0 Å². The fourth-order valence-corrected chi connectivity index (χ4v) is 1.59. The first-order valence-corrected chi connectivity index (χ1v) is 5.97. The molecule has 92 valence electrons. The predicted molar refractivity (Wildman–Crippen MR) is 73.5 cm³/mol. The van der Waals surface area contributed by atoms with Crippen LogP contribution in [0.2, 0.25) is 0 Å². The highest BCUT2D eigenvalue weighted by molar-refractivity contribution is 6.01. The van der Waals surface area contributed by atoms with E-state index in [0.717, 1.165) is 5.56 Å². The first kappa shape index (κ1) is 13.7. The molecule has 0 aliphatic heterocycles. The summed E-state index contributed by atoms with van der Waals surface area (Å²) in [7, 11) is 0. The van der Waals surface area contributed by atoms with Gasteiger partial charge >= 0.3 is 0 Å². The van der Waals surface area contributed by atoms with E-state index in [1.165, 1.54) is 5.56 Å². The molecule has 1 rings (SSSR count). The summed E-state index contributed by atoms with van der Waals surface area (Å²) in [5, 5.41) is 0. The lowest BCUT2D eigenvalue weighted by molar-refractivity contribution is 0.0886. The molecule has 17 heavy (non-hydrogen) atoms. The van der Waals surface area contributed by atoms with E-state index in [-0.39, 0.29) is 11.2 Å². The number of carbonyl (C=O) groups excluding carboxylic acids is 1. The average Bonchev–Trinajstić information content (AvgIpc) is 2.27. The van der Waals surface area contributed by atoms with Gasteiger partial charge in [-0.15, -0.1) is 6.58 Å². The van der Waals surface area contributed by atoms with Crippen LogP contribution in [0.5, 0.6) is 0 Å². The van der Waals surface area contributed by atoms with Gasteiger partial charge in [0.25, 0.3) is 0 Å². The number of carbonyl (C=O) groups is 1. The normalized spacial score (nSPS) is 12.3. The Bertz CT molecular complexity index is 416. The second-order valence-electron chi connectivity index (χ2n) is 6.08. The van der Waals surface area contributed by atoms with Crippen molar-refractivity contribution in [2.45, 2.75) is 40.0 Å². The maximum absolute atomic E-state index is 12.2. The number of Topliss-reactive ketones (excluding diaryl/α,β-unsaturated/α-hetero) is 1. The second kappa shape index (κ2) is 4.48. The molecule has 0 N–H and O–H groups in total. The maximum Gasteiger partial charge on any atom is 0.172 e. The molecule has 0 fully saturated rings. The first-order valence-electron chi connectivity index (χ1n) is 5.97. The van der Waals surface area contributed by atoms with Gasteiger partial charge in [0.1, 0.15) is 0 Å². The smallest absolute Gasteiger partial charge is 0.172 e. The van der Waals surface area contributed by atoms with Crippen LogP contribution >= 0.6 is 0 Å². The van der Waals surface area contributed by atoms with Crippen molar-refractivity contribution < 1.29 is 4.79 Å². The van der Waals surface area contributed by atoms with Crippen LogP contribution in [0.1, 0.15) is 50.5 Å². The summed E-state index contributed by atoms with van der Waals surface area (Å²) >= 11 is 0. The van der Waals surface area contributed by atoms with Crippen LogP contribution in [-0.2, 0) is 5.41 Å². The van der Waals surface area contributed by atoms with Crippen LogP contribution in [0.15, 0.2) is 36.9 Å². The maximum atomic E-state index is 12.2. The number of rotatable bonds is 3. The molecular formula is C16H22O. The van der Waals surface area contributed by atoms with Gasteiger partial charge in [-0.25, -0.2) is 0 Å². The molecule has 0 bridgehead atoms. The third kappa shape index (κ3) is 3.06. The molecule has 1 aromatic carbocycles. The number of allylic oxidation sites excluding steroid dienone is 1. The molecule has 0 heterocycles. The van der Waals surface area contributed by atoms with E-state index in [0.29, 0.717) is 0 Å². The molecule has 0 radical (unpaired) electrons. The van der Waals surface area contributed by atoms with E-state index in [1.54, 1.807) is 6.08 Å². The van der Waals surface area contributed by atoms with Crippen molar-refractivity contribution in [3.05, 3.63) is 48.0 Å². The molecule has 0 aliphatic carbocycles. The zero-order valence-electron chi connectivity index (χ0n) is 11.5. The van der Waals surface area contributed by atoms with Gasteiger partial charge < -0.3 is 0 Å². The van der Waals surface area contributed by atoms with Gasteiger partial charge in [0.2, 0.25) is 0 Å². The Labute approximate surface area is 105 Å². The van der Waals surface area contributed by atoms with Gasteiger partial charge in [0.15, 0.2) is 5.78 Å². The average molecular weight is 230 g/mol. The Hall–Kier alpha value is -1.37. The Morgan fingerprint density at radius 1 is 1.06 bits per heavy atom. The van der Waals surface area contributed by atoms with Crippen molar-refractivity contribution in [3.8, 4) is 0 Å². The highest BCUT2D eigenvalue weighted by atomic mass is 16.1. The molecule has 0 saturated carbocycles. The number of hydrogen-bond donors (Lipinski definition) is 0. The van der Waals surface area contributed by atoms with E-state index < -0.39 is 5.41 Å². The van der Waals surface area contributed by atoms with Crippen LogP contribution in [0, 0.1) is 5.41 Å². The summed E-state index contributed by atoms with van der Waals surface area (Å²) in [5.74, 6) is 0.118. The van der Waals surface area contributed by atoms with Gasteiger partial charge in [-0.2, -0.15) is 0 Å². The SMILES string of the molecule is C=CC(C)(C)C(=O)c1ccc(C(C)(C)C)cc1. The molecule has 1 heteroatoms. The largest absolute Gasteiger partial charge is 0.293 e. The van der Waals surface area contributed by atoms with E-state index >= 15 is 0 Å². The molecule has 0 unspecified atom stereocenters. The fourth-order valence-electron chi connectivity index (χ4n) is 1.59. The van der Waals surface area contributed by atoms with Gasteiger partial charge in [-0.3, -0.25) is 4.79 Å². The Morgan fingerprint density at radius 3 is 1.88 bits per heavy atom. The monoisotopic (exact) mass is 230 g/mol. The third-order valence-electron chi connectivity index (χ3n) is 3.11. The van der Waals surface area contributed by atoms with Crippen molar-refractivity contribution in [1.82, 2.24) is 0 Å². The molecule has 1 aromatic rings. The third-order valence-corrected chi connectivity index (χ3v) is 3.11. The Balaban J connectivity index is 3.04. The summed E-state index contributed by atoms with van der Waals surface area (Å²) in [4.78, 5) is 12.2. The lowest BCUT2D eigenvalue weighted by atomic mass is 9.82. The number of ketones is 1. The molecule has 0 spiro atoms. The van der Waals surface area contributed by atoms with Crippen LogP contribution < -0.4 is 0 Å². The molecule has 0 atom stereocenters. The van der Waals surface area contributed by atoms with Gasteiger partial charge in [0, 0.05) is 11.0 Å². The van der Waals surface area contributed by atoms with Crippen molar-refractivity contribution in [3.63, 3.8) is 0 Å². The van der Waals surface area contributed by atoms with Crippen LogP contribution in [0.4, 0.5) is 0 Å². The fraction of sp³-hybridized carbons (Fsp3) is 0.438. The molecule has 0 aliphatic rings. The number of hydrogen-bond acceptors (Lipinski definition) is 1. The minimum Gasteiger partial charge on any atom is -0.293 e. The quantitative estimate of drug-likeness (QED) is 0.556. The zero-order chi connectivity index (χ0) is 13.3. The van der Waals surface area contributed by atoms with E-state index in [9.17, 15) is 4.79 Å². The van der Waals surface area contributed by atoms with Crippen molar-refractivity contribution in [1.29, 1.82) is 0 Å². The minimum atomic E-state index is -0.497. The minimum absolute atomic E-state index is 0.118. The first-order chi connectivity index (χ1) is 7.68. The number of benzene rings is 1. The Morgan fingerprint density at radius 2 is 1.53 bits per heavy atom. The van der Waals surface area contributed by atoms with E-state index in [4.69, 9.17) is 0 Å². The standard InChI is InChI=1S/C16H22O/c1-7-16(5,6)14(17)12-8-10-13(11-9-12)15(2,3)4/h7-11H,1H2,2-6H3. The van der Waals surface area contributed by atoms with Gasteiger partial charge in [0.05, 0.1) is 0 Å². The highest BCUT2D eigenvalue weighted by Crippen LogP contribution is 2.26. The zero-order valence-corrected chi connectivity index (χ0v) is 11.5. The lowest BCUT2D eigenvalue weighted by Gasteiger charge is -2.21. The van der Waals surface area contributed by atoms with Crippen molar-refractivity contribution in [2.75, 3.05) is 0 Å².